The lowest BCUT2D eigenvalue weighted by atomic mass is 10.2. The van der Waals surface area contributed by atoms with Gasteiger partial charge in [0.2, 0.25) is 0 Å². The first-order chi connectivity index (χ1) is 14.6. The molecule has 0 unspecified atom stereocenters. The smallest absolute Gasteiger partial charge is 0.353 e. The molecule has 2 aromatic heterocycles. The number of fused-ring (bicyclic) bond motifs is 2. The summed E-state index contributed by atoms with van der Waals surface area (Å²) in [5.74, 6) is -0.0516. The molecule has 152 valence electrons. The summed E-state index contributed by atoms with van der Waals surface area (Å²) in [4.78, 5) is 30.3. The number of esters is 1. The Labute approximate surface area is 178 Å². The zero-order chi connectivity index (χ0) is 20.7. The molecule has 30 heavy (non-hydrogen) atoms. The molecule has 1 fully saturated rings. The number of morpholine rings is 1. The monoisotopic (exact) mass is 441 g/mol. The SMILES string of the molecule is O=C(Oc1ccc2nc(N3CCOCC3)sc2c1)c1cc2cc([N+](=O)[O-])ccc2s1. The van der Waals surface area contributed by atoms with Gasteiger partial charge in [0.25, 0.3) is 5.69 Å². The average molecular weight is 441 g/mol. The molecule has 0 aliphatic carbocycles. The van der Waals surface area contributed by atoms with Crippen LogP contribution in [0, 0.1) is 10.1 Å². The van der Waals surface area contributed by atoms with Gasteiger partial charge in [0.15, 0.2) is 5.13 Å². The van der Waals surface area contributed by atoms with Crippen LogP contribution in [0.25, 0.3) is 20.3 Å². The molecule has 0 bridgehead atoms. The van der Waals surface area contributed by atoms with E-state index >= 15 is 0 Å². The quantitative estimate of drug-likeness (QED) is 0.199. The van der Waals surface area contributed by atoms with Crippen LogP contribution in [0.15, 0.2) is 42.5 Å². The van der Waals surface area contributed by atoms with E-state index in [0.717, 1.165) is 33.1 Å². The fraction of sp³-hybridized carbons (Fsp3) is 0.200. The fourth-order valence-electron chi connectivity index (χ4n) is 3.25. The highest BCUT2D eigenvalue weighted by atomic mass is 32.1. The van der Waals surface area contributed by atoms with Crippen molar-refractivity contribution in [2.45, 2.75) is 0 Å². The molecule has 0 N–H and O–H groups in total. The minimum atomic E-state index is -0.490. The molecular weight excluding hydrogens is 426 g/mol. The van der Waals surface area contributed by atoms with Crippen LogP contribution in [0.4, 0.5) is 10.8 Å². The Morgan fingerprint density at radius 3 is 2.73 bits per heavy atom. The Bertz CT molecular complexity index is 1280. The van der Waals surface area contributed by atoms with E-state index in [2.05, 4.69) is 9.88 Å². The summed E-state index contributed by atoms with van der Waals surface area (Å²) in [6.45, 7) is 3.01. The van der Waals surface area contributed by atoms with Gasteiger partial charge in [-0.15, -0.1) is 11.3 Å². The highest BCUT2D eigenvalue weighted by Crippen LogP contribution is 2.33. The third kappa shape index (κ3) is 3.60. The molecule has 3 heterocycles. The minimum Gasteiger partial charge on any atom is -0.422 e. The van der Waals surface area contributed by atoms with Crippen LogP contribution >= 0.6 is 22.7 Å². The van der Waals surface area contributed by atoms with E-state index in [-0.39, 0.29) is 5.69 Å². The van der Waals surface area contributed by atoms with Crippen LogP contribution in [-0.4, -0.2) is 42.2 Å². The van der Waals surface area contributed by atoms with Crippen molar-refractivity contribution in [1.82, 2.24) is 4.98 Å². The molecule has 1 saturated heterocycles. The number of carbonyl (C=O) groups excluding carboxylic acids is 1. The predicted molar refractivity (Wildman–Crippen MR) is 116 cm³/mol. The Balaban J connectivity index is 1.37. The van der Waals surface area contributed by atoms with Crippen LogP contribution in [0.5, 0.6) is 5.75 Å². The van der Waals surface area contributed by atoms with Crippen LogP contribution in [0.2, 0.25) is 0 Å². The standard InChI is InChI=1S/C20H15N3O5S2/c24-19(18-10-12-9-13(23(25)26)1-4-16(12)29-18)28-14-2-3-15-17(11-14)30-20(21-15)22-5-7-27-8-6-22/h1-4,9-11H,5-8H2. The average Bonchev–Trinajstić information content (AvgIpc) is 3.37. The molecule has 0 amide bonds. The second-order valence-electron chi connectivity index (χ2n) is 6.70. The van der Waals surface area contributed by atoms with Crippen molar-refractivity contribution in [3.63, 3.8) is 0 Å². The van der Waals surface area contributed by atoms with Crippen molar-refractivity contribution in [3.05, 3.63) is 57.5 Å². The van der Waals surface area contributed by atoms with E-state index in [4.69, 9.17) is 9.47 Å². The zero-order valence-electron chi connectivity index (χ0n) is 15.6. The highest BCUT2D eigenvalue weighted by Gasteiger charge is 2.18. The Morgan fingerprint density at radius 2 is 1.93 bits per heavy atom. The molecule has 8 nitrogen and oxygen atoms in total. The maximum absolute atomic E-state index is 12.6. The first-order valence-corrected chi connectivity index (χ1v) is 10.8. The fourth-order valence-corrected chi connectivity index (χ4v) is 5.21. The van der Waals surface area contributed by atoms with Gasteiger partial charge < -0.3 is 14.4 Å². The first-order valence-electron chi connectivity index (χ1n) is 9.20. The number of aromatic nitrogens is 1. The number of hydrogen-bond acceptors (Lipinski definition) is 9. The molecule has 0 saturated carbocycles. The topological polar surface area (TPSA) is 94.8 Å². The van der Waals surface area contributed by atoms with Crippen molar-refractivity contribution in [1.29, 1.82) is 0 Å². The normalized spacial score (nSPS) is 14.3. The number of benzene rings is 2. The lowest BCUT2D eigenvalue weighted by Gasteiger charge is -2.25. The van der Waals surface area contributed by atoms with E-state index in [1.807, 2.05) is 12.1 Å². The van der Waals surface area contributed by atoms with E-state index < -0.39 is 10.9 Å². The van der Waals surface area contributed by atoms with Crippen molar-refractivity contribution in [2.24, 2.45) is 0 Å². The van der Waals surface area contributed by atoms with Gasteiger partial charge in [-0.2, -0.15) is 0 Å². The van der Waals surface area contributed by atoms with Crippen molar-refractivity contribution in [2.75, 3.05) is 31.2 Å². The zero-order valence-corrected chi connectivity index (χ0v) is 17.2. The summed E-state index contributed by atoms with van der Waals surface area (Å²) in [5.41, 5.74) is 0.849. The number of rotatable bonds is 4. The summed E-state index contributed by atoms with van der Waals surface area (Å²) in [6.07, 6.45) is 0. The summed E-state index contributed by atoms with van der Waals surface area (Å²) in [6, 6.07) is 11.5. The second kappa shape index (κ2) is 7.63. The number of carbonyl (C=O) groups is 1. The molecule has 1 aliphatic heterocycles. The predicted octanol–water partition coefficient (Wildman–Crippen LogP) is 4.48. The number of nitrogens with zero attached hydrogens (tertiary/aromatic N) is 3. The number of non-ortho nitro benzene ring substituents is 1. The molecule has 2 aromatic carbocycles. The summed E-state index contributed by atoms with van der Waals surface area (Å²) >= 11 is 2.80. The summed E-state index contributed by atoms with van der Waals surface area (Å²) < 4.78 is 12.7. The van der Waals surface area contributed by atoms with Gasteiger partial charge in [0.05, 0.1) is 28.4 Å². The first kappa shape index (κ1) is 18.9. The molecular formula is C20H15N3O5S2. The van der Waals surface area contributed by atoms with Crippen LogP contribution < -0.4 is 9.64 Å². The van der Waals surface area contributed by atoms with Crippen molar-refractivity contribution >= 4 is 59.8 Å². The number of anilines is 1. The van der Waals surface area contributed by atoms with E-state index in [9.17, 15) is 14.9 Å². The minimum absolute atomic E-state index is 0.00747. The molecule has 5 rings (SSSR count). The number of nitro benzene ring substituents is 1. The number of hydrogen-bond donors (Lipinski definition) is 0. The van der Waals surface area contributed by atoms with Gasteiger partial charge in [0.1, 0.15) is 10.6 Å². The Morgan fingerprint density at radius 1 is 1.10 bits per heavy atom. The third-order valence-electron chi connectivity index (χ3n) is 4.75. The van der Waals surface area contributed by atoms with Crippen molar-refractivity contribution < 1.29 is 19.2 Å². The number of nitro groups is 1. The van der Waals surface area contributed by atoms with E-state index in [1.54, 1.807) is 29.5 Å². The second-order valence-corrected chi connectivity index (χ2v) is 8.80. The number of ether oxygens (including phenoxy) is 2. The number of thiazole rings is 1. The maximum Gasteiger partial charge on any atom is 0.353 e. The maximum atomic E-state index is 12.6. The van der Waals surface area contributed by atoms with Gasteiger partial charge in [-0.3, -0.25) is 10.1 Å². The molecule has 1 aliphatic rings. The van der Waals surface area contributed by atoms with Gasteiger partial charge in [-0.25, -0.2) is 9.78 Å². The van der Waals surface area contributed by atoms with E-state index in [0.29, 0.717) is 29.2 Å². The third-order valence-corrected chi connectivity index (χ3v) is 6.93. The Hall–Kier alpha value is -3.08. The largest absolute Gasteiger partial charge is 0.422 e. The summed E-state index contributed by atoms with van der Waals surface area (Å²) in [5, 5.41) is 12.5. The van der Waals surface area contributed by atoms with Gasteiger partial charge in [0, 0.05) is 41.4 Å². The van der Waals surface area contributed by atoms with Gasteiger partial charge in [-0.1, -0.05) is 11.3 Å². The van der Waals surface area contributed by atoms with E-state index in [1.165, 1.54) is 23.5 Å². The van der Waals surface area contributed by atoms with Crippen molar-refractivity contribution in [3.8, 4) is 5.75 Å². The summed E-state index contributed by atoms with van der Waals surface area (Å²) in [7, 11) is 0. The molecule has 0 spiro atoms. The molecule has 4 aromatic rings. The van der Waals surface area contributed by atoms with Crippen LogP contribution in [-0.2, 0) is 4.74 Å². The van der Waals surface area contributed by atoms with Crippen LogP contribution in [0.3, 0.4) is 0 Å². The van der Waals surface area contributed by atoms with Crippen LogP contribution in [0.1, 0.15) is 9.67 Å². The molecule has 0 atom stereocenters. The lowest BCUT2D eigenvalue weighted by Crippen LogP contribution is -2.36. The Kier molecular flexibility index (Phi) is 4.81. The van der Waals surface area contributed by atoms with Gasteiger partial charge >= 0.3 is 5.97 Å². The van der Waals surface area contributed by atoms with Gasteiger partial charge in [-0.05, 0) is 24.3 Å². The lowest BCUT2D eigenvalue weighted by molar-refractivity contribution is -0.384. The highest BCUT2D eigenvalue weighted by molar-refractivity contribution is 7.22. The number of thiophene rings is 1. The molecule has 10 heteroatoms. The molecule has 0 radical (unpaired) electrons.